The van der Waals surface area contributed by atoms with Gasteiger partial charge in [-0.2, -0.15) is 4.98 Å². The first kappa shape index (κ1) is 38.5. The highest BCUT2D eigenvalue weighted by Crippen LogP contribution is 2.32. The summed E-state index contributed by atoms with van der Waals surface area (Å²) in [6, 6.07) is 12.3. The van der Waals surface area contributed by atoms with Crippen LogP contribution in [0.2, 0.25) is 5.02 Å². The number of para-hydroxylation sites is 1. The van der Waals surface area contributed by atoms with Gasteiger partial charge in [-0.05, 0) is 82.0 Å². The highest BCUT2D eigenvalue weighted by molar-refractivity contribution is 7.92. The van der Waals surface area contributed by atoms with E-state index in [2.05, 4.69) is 30.8 Å². The lowest BCUT2D eigenvalue weighted by Gasteiger charge is -2.33. The molecule has 2 amide bonds. The maximum Gasteiger partial charge on any atom is 0.258 e. The number of likely N-dealkylation sites (tertiary alicyclic amines) is 1. The number of fused-ring (bicyclic) bond motifs is 1. The van der Waals surface area contributed by atoms with Gasteiger partial charge in [0, 0.05) is 37.9 Å². The second-order valence-electron chi connectivity index (χ2n) is 12.7. The lowest BCUT2D eigenvalue weighted by atomic mass is 10.0. The summed E-state index contributed by atoms with van der Waals surface area (Å²) in [5.41, 5.74) is 2.24. The van der Waals surface area contributed by atoms with Crippen molar-refractivity contribution >= 4 is 68.0 Å². The van der Waals surface area contributed by atoms with Gasteiger partial charge in [0.1, 0.15) is 16.7 Å². The fourth-order valence-electron chi connectivity index (χ4n) is 6.04. The van der Waals surface area contributed by atoms with Crippen LogP contribution in [0.4, 0.5) is 23.1 Å². The molecular weight excluding hydrogens is 717 g/mol. The molecule has 276 valence electrons. The minimum absolute atomic E-state index is 0.0615. The number of alkyl halides is 1. The monoisotopic (exact) mass is 761 g/mol. The zero-order chi connectivity index (χ0) is 36.4. The van der Waals surface area contributed by atoms with Crippen LogP contribution in [0, 0.1) is 0 Å². The van der Waals surface area contributed by atoms with Gasteiger partial charge in [0.2, 0.25) is 11.9 Å². The lowest BCUT2D eigenvalue weighted by molar-refractivity contribution is -0.123. The molecule has 1 atom stereocenters. The number of nitrogens with one attached hydrogen (secondary N) is 3. The highest BCUT2D eigenvalue weighted by atomic mass is 35.5. The number of ether oxygens (including phenoxy) is 2. The third-order valence-electron chi connectivity index (χ3n) is 8.73. The number of aromatic nitrogens is 2. The number of carbonyl (C=O) groups excluding carboxylic acids is 2. The Kier molecular flexibility index (Phi) is 13.7. The fourth-order valence-corrected chi connectivity index (χ4v) is 7.52. The van der Waals surface area contributed by atoms with Crippen molar-refractivity contribution in [1.82, 2.24) is 20.2 Å². The van der Waals surface area contributed by atoms with E-state index in [0.29, 0.717) is 49.5 Å². The van der Waals surface area contributed by atoms with Crippen LogP contribution in [-0.4, -0.2) is 105 Å². The Labute approximate surface area is 309 Å². The zero-order valence-corrected chi connectivity index (χ0v) is 31.2. The normalized spacial score (nSPS) is 16.4. The molecule has 0 spiro atoms. The van der Waals surface area contributed by atoms with Crippen molar-refractivity contribution in [2.24, 2.45) is 0 Å². The number of piperidine rings is 1. The van der Waals surface area contributed by atoms with Crippen LogP contribution in [0.1, 0.15) is 38.7 Å². The van der Waals surface area contributed by atoms with Crippen LogP contribution in [0.15, 0.2) is 53.6 Å². The average molecular weight is 763 g/mol. The van der Waals surface area contributed by atoms with Gasteiger partial charge in [-0.25, -0.2) is 13.4 Å². The molecule has 1 aromatic heterocycles. The first-order valence-corrected chi connectivity index (χ1v) is 19.6. The van der Waals surface area contributed by atoms with Gasteiger partial charge in [0.25, 0.3) is 5.91 Å². The Morgan fingerprint density at radius 3 is 2.73 bits per heavy atom. The van der Waals surface area contributed by atoms with Gasteiger partial charge < -0.3 is 30.3 Å². The van der Waals surface area contributed by atoms with Gasteiger partial charge in [0.15, 0.2) is 22.3 Å². The summed E-state index contributed by atoms with van der Waals surface area (Å²) in [7, 11) is -3.53. The molecule has 0 bridgehead atoms. The van der Waals surface area contributed by atoms with E-state index in [1.54, 1.807) is 49.1 Å². The van der Waals surface area contributed by atoms with E-state index in [0.717, 1.165) is 56.6 Å². The molecule has 3 heterocycles. The van der Waals surface area contributed by atoms with Gasteiger partial charge >= 0.3 is 0 Å². The highest BCUT2D eigenvalue weighted by Gasteiger charge is 2.25. The molecule has 3 N–H and O–H groups in total. The predicted octanol–water partition coefficient (Wildman–Crippen LogP) is 4.66. The van der Waals surface area contributed by atoms with Crippen molar-refractivity contribution in [3.8, 4) is 5.75 Å². The molecule has 2 aromatic carbocycles. The fraction of sp³-hybridized carbons (Fsp3) is 0.486. The predicted molar refractivity (Wildman–Crippen MR) is 199 cm³/mol. The molecule has 13 nitrogen and oxygen atoms in total. The summed E-state index contributed by atoms with van der Waals surface area (Å²) in [6.45, 7) is 7.51. The number of amides is 2. The molecule has 2 aliphatic rings. The molecule has 5 rings (SSSR count). The van der Waals surface area contributed by atoms with Crippen molar-refractivity contribution < 1.29 is 27.5 Å². The van der Waals surface area contributed by atoms with Crippen LogP contribution in [0.3, 0.4) is 0 Å². The summed E-state index contributed by atoms with van der Waals surface area (Å²) < 4.78 is 37.3. The molecular formula is C35H45Cl2N7O6S. The minimum Gasteiger partial charge on any atom is -0.484 e. The van der Waals surface area contributed by atoms with Crippen molar-refractivity contribution in [3.05, 3.63) is 59.2 Å². The van der Waals surface area contributed by atoms with E-state index in [9.17, 15) is 18.0 Å². The number of hydrogen-bond acceptors (Lipinski definition) is 11. The van der Waals surface area contributed by atoms with E-state index < -0.39 is 15.1 Å². The Balaban J connectivity index is 1.01. The van der Waals surface area contributed by atoms with E-state index in [-0.39, 0.29) is 40.3 Å². The Bertz CT molecular complexity index is 1780. The summed E-state index contributed by atoms with van der Waals surface area (Å²) in [6.07, 6.45) is 5.10. The molecule has 0 radical (unpaired) electrons. The number of sulfone groups is 1. The lowest BCUT2D eigenvalue weighted by Crippen LogP contribution is -2.43. The summed E-state index contributed by atoms with van der Waals surface area (Å²) >= 11 is 12.2. The second-order valence-corrected chi connectivity index (χ2v) is 15.9. The maximum atomic E-state index is 12.9. The number of hydrogen-bond donors (Lipinski definition) is 3. The van der Waals surface area contributed by atoms with Crippen LogP contribution in [0.5, 0.6) is 5.75 Å². The standard InChI is InChI=1S/C35H45Cl2N7O6S/c1-24(2)51(47,48)31-10-4-3-9-29(31)41-34-28(37)21-39-35(42-34)40-26-8-6-14-43(22-26)16-18-49-17-13-38-32(45)23-50-27-11-12-30-25(19-27)7-5-15-44(30)33(46)20-36/h3-4,9-12,19,21,24,26H,5-8,13-18,20,22-23H2,1-2H3,(H,38,45)(H2,39,40,41,42). The molecule has 2 aliphatic heterocycles. The summed E-state index contributed by atoms with van der Waals surface area (Å²) in [4.78, 5) is 37.6. The van der Waals surface area contributed by atoms with Crippen molar-refractivity contribution in [1.29, 1.82) is 0 Å². The van der Waals surface area contributed by atoms with Crippen molar-refractivity contribution in [2.45, 2.75) is 55.7 Å². The zero-order valence-electron chi connectivity index (χ0n) is 28.9. The van der Waals surface area contributed by atoms with Gasteiger partial charge in [-0.15, -0.1) is 11.6 Å². The second kappa shape index (κ2) is 18.2. The average Bonchev–Trinajstić information content (AvgIpc) is 3.13. The molecule has 3 aromatic rings. The van der Waals surface area contributed by atoms with Crippen LogP contribution < -0.4 is 25.6 Å². The number of halogens is 2. The van der Waals surface area contributed by atoms with E-state index in [1.807, 2.05) is 12.1 Å². The van der Waals surface area contributed by atoms with Gasteiger partial charge in [-0.1, -0.05) is 23.7 Å². The van der Waals surface area contributed by atoms with Crippen LogP contribution in [0.25, 0.3) is 0 Å². The Hall–Kier alpha value is -3.69. The Morgan fingerprint density at radius 2 is 1.92 bits per heavy atom. The Morgan fingerprint density at radius 1 is 1.10 bits per heavy atom. The molecule has 16 heteroatoms. The molecule has 0 saturated carbocycles. The summed E-state index contributed by atoms with van der Waals surface area (Å²) in [5.74, 6) is 0.857. The third-order valence-corrected chi connectivity index (χ3v) is 11.4. The number of benzene rings is 2. The van der Waals surface area contributed by atoms with Gasteiger partial charge in [0.05, 0.1) is 35.2 Å². The quantitative estimate of drug-likeness (QED) is 0.138. The first-order valence-electron chi connectivity index (χ1n) is 17.1. The smallest absolute Gasteiger partial charge is 0.258 e. The van der Waals surface area contributed by atoms with Crippen LogP contribution in [-0.2, 0) is 30.6 Å². The third kappa shape index (κ3) is 10.4. The van der Waals surface area contributed by atoms with E-state index >= 15 is 0 Å². The molecule has 51 heavy (non-hydrogen) atoms. The number of aryl methyl sites for hydroxylation is 1. The number of carbonyl (C=O) groups is 2. The molecule has 0 aliphatic carbocycles. The van der Waals surface area contributed by atoms with Crippen molar-refractivity contribution in [3.63, 3.8) is 0 Å². The van der Waals surface area contributed by atoms with Crippen molar-refractivity contribution in [2.75, 3.05) is 74.0 Å². The number of anilines is 4. The summed E-state index contributed by atoms with van der Waals surface area (Å²) in [5, 5.41) is 9.00. The van der Waals surface area contributed by atoms with Gasteiger partial charge in [-0.3, -0.25) is 14.5 Å². The maximum absolute atomic E-state index is 12.9. The van der Waals surface area contributed by atoms with Crippen LogP contribution >= 0.6 is 23.2 Å². The number of nitrogens with zero attached hydrogens (tertiary/aromatic N) is 4. The topological polar surface area (TPSA) is 155 Å². The van der Waals surface area contributed by atoms with E-state index in [1.165, 1.54) is 6.20 Å². The number of rotatable bonds is 16. The molecule has 1 fully saturated rings. The molecule has 1 unspecified atom stereocenters. The van der Waals surface area contributed by atoms with E-state index in [4.69, 9.17) is 32.7 Å². The first-order chi connectivity index (χ1) is 24.5. The molecule has 1 saturated heterocycles. The SMILES string of the molecule is CC(C)S(=O)(=O)c1ccccc1Nc1nc(NC2CCCN(CCOCCNC(=O)COc3ccc4c(c3)CCCN4C(=O)CCl)C2)ncc1Cl. The largest absolute Gasteiger partial charge is 0.484 e. The minimum atomic E-state index is -3.53.